The van der Waals surface area contributed by atoms with Crippen LogP contribution < -0.4 is 0 Å². The van der Waals surface area contributed by atoms with Crippen molar-refractivity contribution in [2.45, 2.75) is 31.2 Å². The minimum atomic E-state index is -3.64. The van der Waals surface area contributed by atoms with Crippen molar-refractivity contribution in [3.63, 3.8) is 0 Å². The van der Waals surface area contributed by atoms with E-state index < -0.39 is 29.2 Å². The summed E-state index contributed by atoms with van der Waals surface area (Å²) in [6.45, 7) is 6.94. The van der Waals surface area contributed by atoms with E-state index in [9.17, 15) is 17.3 Å². The Morgan fingerprint density at radius 2 is 2.04 bits per heavy atom. The van der Waals surface area contributed by atoms with Gasteiger partial charge in [0.2, 0.25) is 5.50 Å². The summed E-state index contributed by atoms with van der Waals surface area (Å²) in [5, 5.41) is 0.0610. The molecule has 0 aromatic carbocycles. The summed E-state index contributed by atoms with van der Waals surface area (Å²) >= 11 is 1.50. The van der Waals surface area contributed by atoms with Crippen molar-refractivity contribution in [2.24, 2.45) is 4.99 Å². The number of hydrogen-bond donors (Lipinski definition) is 0. The maximum atomic E-state index is 14.2. The first-order chi connectivity index (χ1) is 10.9. The molecule has 6 nitrogen and oxygen atoms in total. The SMILES string of the molecule is C[Si](C)(C)CCOCN1C2=CC(F)=C(I)N(F)C2=NC1S(C)(=O)=O. The highest BCUT2D eigenvalue weighted by molar-refractivity contribution is 14.1. The molecule has 2 aliphatic rings. The Labute approximate surface area is 155 Å². The van der Waals surface area contributed by atoms with E-state index >= 15 is 0 Å². The number of amidine groups is 1. The van der Waals surface area contributed by atoms with Gasteiger partial charge in [0.15, 0.2) is 25.2 Å². The third-order valence-corrected chi connectivity index (χ3v) is 7.24. The normalized spacial score (nSPS) is 21.9. The molecule has 0 saturated heterocycles. The molecule has 2 aliphatic heterocycles. The summed E-state index contributed by atoms with van der Waals surface area (Å²) in [5.41, 5.74) is -1.25. The molecule has 2 rings (SSSR count). The Morgan fingerprint density at radius 3 is 2.58 bits per heavy atom. The lowest BCUT2D eigenvalue weighted by Gasteiger charge is -2.27. The summed E-state index contributed by atoms with van der Waals surface area (Å²) in [7, 11) is -4.94. The number of hydrogen-bond acceptors (Lipinski definition) is 6. The number of halogens is 3. The van der Waals surface area contributed by atoms with Crippen LogP contribution in [0.25, 0.3) is 0 Å². The topological polar surface area (TPSA) is 62.2 Å². The van der Waals surface area contributed by atoms with E-state index in [4.69, 9.17) is 4.74 Å². The zero-order valence-electron chi connectivity index (χ0n) is 13.9. The second-order valence-corrected chi connectivity index (χ2v) is 15.6. The van der Waals surface area contributed by atoms with Crippen LogP contribution in [-0.4, -0.2) is 57.4 Å². The van der Waals surface area contributed by atoms with E-state index in [-0.39, 0.29) is 27.1 Å². The molecule has 0 aromatic rings. The summed E-state index contributed by atoms with van der Waals surface area (Å²) in [5.74, 6) is -1.00. The second kappa shape index (κ2) is 7.00. The minimum absolute atomic E-state index is 0.0610. The molecule has 24 heavy (non-hydrogen) atoms. The summed E-state index contributed by atoms with van der Waals surface area (Å²) in [6.07, 6.45) is 2.09. The molecule has 0 spiro atoms. The van der Waals surface area contributed by atoms with Gasteiger partial charge >= 0.3 is 0 Å². The fourth-order valence-corrected chi connectivity index (χ4v) is 4.22. The van der Waals surface area contributed by atoms with Crippen LogP contribution in [-0.2, 0) is 14.6 Å². The van der Waals surface area contributed by atoms with Crippen molar-refractivity contribution in [1.82, 2.24) is 10.0 Å². The van der Waals surface area contributed by atoms with Gasteiger partial charge in [0, 0.05) is 27.0 Å². The molecule has 11 heteroatoms. The Kier molecular flexibility index (Phi) is 5.77. The lowest BCUT2D eigenvalue weighted by Crippen LogP contribution is -2.38. The van der Waals surface area contributed by atoms with Gasteiger partial charge in [0.25, 0.3) is 0 Å². The van der Waals surface area contributed by atoms with Gasteiger partial charge in [-0.1, -0.05) is 24.1 Å². The second-order valence-electron chi connectivity index (χ2n) is 6.88. The first-order valence-corrected chi connectivity index (χ1v) is 14.0. The molecule has 2 heterocycles. The van der Waals surface area contributed by atoms with Gasteiger partial charge in [-0.3, -0.25) is 0 Å². The number of nitrogens with zero attached hydrogens (tertiary/aromatic N) is 3. The number of sulfone groups is 1. The average Bonchev–Trinajstić information content (AvgIpc) is 2.79. The van der Waals surface area contributed by atoms with E-state index in [1.807, 2.05) is 0 Å². The Bertz CT molecular complexity index is 718. The van der Waals surface area contributed by atoms with Crippen LogP contribution in [0.4, 0.5) is 8.87 Å². The number of ether oxygens (including phenoxy) is 1. The smallest absolute Gasteiger partial charge is 0.228 e. The van der Waals surface area contributed by atoms with Gasteiger partial charge in [-0.05, 0) is 28.6 Å². The molecular formula is C13H20F2IN3O3SSi. The van der Waals surface area contributed by atoms with Gasteiger partial charge in [0.1, 0.15) is 6.73 Å². The summed E-state index contributed by atoms with van der Waals surface area (Å²) < 4.78 is 57.2. The zero-order chi connectivity index (χ0) is 18.3. The van der Waals surface area contributed by atoms with E-state index in [0.717, 1.165) is 18.4 Å². The number of aliphatic imine (C=N–C) groups is 1. The highest BCUT2D eigenvalue weighted by Gasteiger charge is 2.42. The van der Waals surface area contributed by atoms with E-state index in [1.165, 1.54) is 27.5 Å². The fourth-order valence-electron chi connectivity index (χ4n) is 2.15. The standard InChI is InChI=1S/C13H20F2IN3O3SSi/c1-23(20,21)13-17-12-10(7-9(14)11(16)19(12)15)18(13)8-22-5-6-24(2,3)4/h7,13H,5-6,8H2,1-4H3. The predicted molar refractivity (Wildman–Crippen MR) is 100 cm³/mol. The van der Waals surface area contributed by atoms with E-state index in [2.05, 4.69) is 24.6 Å². The predicted octanol–water partition coefficient (Wildman–Crippen LogP) is 3.00. The van der Waals surface area contributed by atoms with Crippen molar-refractivity contribution in [3.8, 4) is 0 Å². The largest absolute Gasteiger partial charge is 0.361 e. The monoisotopic (exact) mass is 491 g/mol. The zero-order valence-corrected chi connectivity index (χ0v) is 17.9. The van der Waals surface area contributed by atoms with Crippen molar-refractivity contribution < 1.29 is 22.0 Å². The highest BCUT2D eigenvalue weighted by atomic mass is 127. The lowest BCUT2D eigenvalue weighted by atomic mass is 10.3. The van der Waals surface area contributed by atoms with Crippen molar-refractivity contribution >= 4 is 46.3 Å². The maximum Gasteiger partial charge on any atom is 0.228 e. The molecule has 1 atom stereocenters. The molecule has 0 N–H and O–H groups in total. The Hall–Kier alpha value is -0.533. The molecule has 0 aliphatic carbocycles. The molecular weight excluding hydrogens is 471 g/mol. The fraction of sp³-hybridized carbons (Fsp3) is 0.615. The molecule has 0 bridgehead atoms. The molecule has 0 saturated carbocycles. The molecule has 136 valence electrons. The summed E-state index contributed by atoms with van der Waals surface area (Å²) in [6, 6.07) is 0.901. The quantitative estimate of drug-likeness (QED) is 0.188. The van der Waals surface area contributed by atoms with Crippen molar-refractivity contribution in [2.75, 3.05) is 19.6 Å². The number of allylic oxidation sites excluding steroid dienone is 2. The van der Waals surface area contributed by atoms with Gasteiger partial charge < -0.3 is 9.64 Å². The Morgan fingerprint density at radius 1 is 1.42 bits per heavy atom. The first-order valence-electron chi connectivity index (χ1n) is 7.26. The van der Waals surface area contributed by atoms with Gasteiger partial charge in [-0.15, -0.1) is 0 Å². The number of rotatable bonds is 6. The average molecular weight is 491 g/mol. The van der Waals surface area contributed by atoms with Crippen LogP contribution in [0.1, 0.15) is 0 Å². The van der Waals surface area contributed by atoms with Gasteiger partial charge in [0.05, 0.1) is 5.70 Å². The van der Waals surface area contributed by atoms with Gasteiger partial charge in [-0.25, -0.2) is 17.8 Å². The van der Waals surface area contributed by atoms with Gasteiger partial charge in [-0.2, -0.15) is 5.12 Å². The molecule has 0 radical (unpaired) electrons. The van der Waals surface area contributed by atoms with Crippen LogP contribution in [0.15, 0.2) is 26.3 Å². The van der Waals surface area contributed by atoms with Crippen LogP contribution in [0.2, 0.25) is 25.7 Å². The first kappa shape index (κ1) is 19.8. The molecule has 0 amide bonds. The third kappa shape index (κ3) is 4.35. The van der Waals surface area contributed by atoms with Crippen molar-refractivity contribution in [3.05, 3.63) is 21.3 Å². The van der Waals surface area contributed by atoms with E-state index in [0.29, 0.717) is 6.61 Å². The molecule has 0 aromatic heterocycles. The minimum Gasteiger partial charge on any atom is -0.361 e. The lowest BCUT2D eigenvalue weighted by molar-refractivity contribution is 0.0551. The van der Waals surface area contributed by atoms with E-state index in [1.54, 1.807) is 0 Å². The Balaban J connectivity index is 2.22. The number of fused-ring (bicyclic) bond motifs is 1. The van der Waals surface area contributed by atoms with Crippen LogP contribution in [0.3, 0.4) is 0 Å². The third-order valence-electron chi connectivity index (χ3n) is 3.47. The van der Waals surface area contributed by atoms with Crippen molar-refractivity contribution in [1.29, 1.82) is 0 Å². The van der Waals surface area contributed by atoms with Crippen LogP contribution in [0, 0.1) is 0 Å². The maximum absolute atomic E-state index is 14.2. The summed E-state index contributed by atoms with van der Waals surface area (Å²) in [4.78, 5) is 5.18. The van der Waals surface area contributed by atoms with Crippen LogP contribution in [0.5, 0.6) is 0 Å². The molecule has 1 unspecified atom stereocenters. The highest BCUT2D eigenvalue weighted by Crippen LogP contribution is 2.36. The van der Waals surface area contributed by atoms with Crippen LogP contribution >= 0.6 is 22.6 Å². The molecule has 0 fully saturated rings.